The predicted molar refractivity (Wildman–Crippen MR) is 86.1 cm³/mol. The zero-order valence-corrected chi connectivity index (χ0v) is 12.4. The van der Waals surface area contributed by atoms with Gasteiger partial charge in [-0.1, -0.05) is 12.1 Å². The highest BCUT2D eigenvalue weighted by Crippen LogP contribution is 2.26. The number of nitrogens with one attached hydrogen (secondary N) is 1. The molecule has 0 atom stereocenters. The van der Waals surface area contributed by atoms with Crippen molar-refractivity contribution in [1.82, 2.24) is 9.97 Å². The summed E-state index contributed by atoms with van der Waals surface area (Å²) < 4.78 is 0. The molecule has 2 aromatic carbocycles. The average Bonchev–Trinajstić information content (AvgIpc) is 2.48. The summed E-state index contributed by atoms with van der Waals surface area (Å²) >= 11 is 7.69. The molecule has 3 nitrogen and oxygen atoms in total. The van der Waals surface area contributed by atoms with Gasteiger partial charge < -0.3 is 5.32 Å². The van der Waals surface area contributed by atoms with Gasteiger partial charge in [0.25, 0.3) is 0 Å². The number of para-hydroxylation sites is 1. The van der Waals surface area contributed by atoms with Gasteiger partial charge in [0.05, 0.1) is 5.52 Å². The predicted octanol–water partition coefficient (Wildman–Crippen LogP) is 4.75. The first-order valence-corrected chi connectivity index (χ1v) is 7.70. The summed E-state index contributed by atoms with van der Waals surface area (Å²) in [4.78, 5) is 9.72. The fourth-order valence-electron chi connectivity index (χ4n) is 1.95. The molecule has 0 saturated heterocycles. The van der Waals surface area contributed by atoms with Crippen LogP contribution in [0.5, 0.6) is 0 Å². The Hall–Kier alpha value is -1.78. The SMILES string of the molecule is CSc1ccc(Nc2nc(Cl)nc3ccccc23)cc1. The van der Waals surface area contributed by atoms with E-state index in [1.54, 1.807) is 11.8 Å². The van der Waals surface area contributed by atoms with Crippen LogP contribution in [0, 0.1) is 0 Å². The molecule has 0 bridgehead atoms. The van der Waals surface area contributed by atoms with Gasteiger partial charge in [0.1, 0.15) is 5.82 Å². The zero-order valence-electron chi connectivity index (χ0n) is 10.8. The number of benzene rings is 2. The van der Waals surface area contributed by atoms with E-state index < -0.39 is 0 Å². The minimum atomic E-state index is 0.243. The van der Waals surface area contributed by atoms with Crippen molar-refractivity contribution in [3.63, 3.8) is 0 Å². The van der Waals surface area contributed by atoms with E-state index in [1.807, 2.05) is 36.4 Å². The van der Waals surface area contributed by atoms with Crippen LogP contribution in [0.4, 0.5) is 11.5 Å². The quantitative estimate of drug-likeness (QED) is 0.559. The number of aromatic nitrogens is 2. The van der Waals surface area contributed by atoms with Gasteiger partial charge in [0, 0.05) is 16.0 Å². The molecule has 0 aliphatic heterocycles. The number of halogens is 1. The Labute approximate surface area is 126 Å². The molecule has 0 aliphatic carbocycles. The summed E-state index contributed by atoms with van der Waals surface area (Å²) in [5.74, 6) is 0.720. The van der Waals surface area contributed by atoms with Crippen LogP contribution in [0.1, 0.15) is 0 Å². The smallest absolute Gasteiger partial charge is 0.224 e. The molecule has 100 valence electrons. The van der Waals surface area contributed by atoms with Gasteiger partial charge in [-0.15, -0.1) is 11.8 Å². The minimum Gasteiger partial charge on any atom is -0.340 e. The van der Waals surface area contributed by atoms with E-state index in [9.17, 15) is 0 Å². The fraction of sp³-hybridized carbons (Fsp3) is 0.0667. The summed E-state index contributed by atoms with van der Waals surface area (Å²) in [6.07, 6.45) is 2.06. The Balaban J connectivity index is 2.01. The Morgan fingerprint density at radius 3 is 2.50 bits per heavy atom. The van der Waals surface area contributed by atoms with Crippen LogP contribution in [0.15, 0.2) is 53.4 Å². The fourth-order valence-corrected chi connectivity index (χ4v) is 2.54. The minimum absolute atomic E-state index is 0.243. The maximum Gasteiger partial charge on any atom is 0.224 e. The Morgan fingerprint density at radius 2 is 1.75 bits per heavy atom. The lowest BCUT2D eigenvalue weighted by atomic mass is 10.2. The molecule has 0 amide bonds. The van der Waals surface area contributed by atoms with Crippen molar-refractivity contribution in [3.8, 4) is 0 Å². The topological polar surface area (TPSA) is 37.8 Å². The van der Waals surface area contributed by atoms with E-state index in [4.69, 9.17) is 11.6 Å². The second kappa shape index (κ2) is 5.69. The summed E-state index contributed by atoms with van der Waals surface area (Å²) in [6.45, 7) is 0. The highest BCUT2D eigenvalue weighted by atomic mass is 35.5. The normalized spacial score (nSPS) is 10.7. The standard InChI is InChI=1S/C15H12ClN3S/c1-20-11-8-6-10(7-9-11)17-14-12-4-2-3-5-13(12)18-15(16)19-14/h2-9H,1H3,(H,17,18,19). The highest BCUT2D eigenvalue weighted by molar-refractivity contribution is 7.98. The van der Waals surface area contributed by atoms with E-state index in [-0.39, 0.29) is 5.28 Å². The van der Waals surface area contributed by atoms with Crippen LogP contribution in [0.25, 0.3) is 10.9 Å². The van der Waals surface area contributed by atoms with E-state index >= 15 is 0 Å². The van der Waals surface area contributed by atoms with Gasteiger partial charge in [-0.3, -0.25) is 0 Å². The lowest BCUT2D eigenvalue weighted by Gasteiger charge is -2.09. The Bertz CT molecular complexity index is 744. The number of thioether (sulfide) groups is 1. The second-order valence-electron chi connectivity index (χ2n) is 4.21. The third-order valence-electron chi connectivity index (χ3n) is 2.93. The van der Waals surface area contributed by atoms with Gasteiger partial charge in [0.15, 0.2) is 0 Å². The number of nitrogens with zero attached hydrogens (tertiary/aromatic N) is 2. The van der Waals surface area contributed by atoms with E-state index in [1.165, 1.54) is 4.90 Å². The van der Waals surface area contributed by atoms with Crippen molar-refractivity contribution >= 4 is 45.8 Å². The molecular weight excluding hydrogens is 290 g/mol. The van der Waals surface area contributed by atoms with Crippen LogP contribution in [-0.2, 0) is 0 Å². The Morgan fingerprint density at radius 1 is 1.00 bits per heavy atom. The van der Waals surface area contributed by atoms with Crippen molar-refractivity contribution in [3.05, 3.63) is 53.8 Å². The number of rotatable bonds is 3. The summed E-state index contributed by atoms with van der Waals surface area (Å²) in [7, 11) is 0. The second-order valence-corrected chi connectivity index (χ2v) is 5.43. The average molecular weight is 302 g/mol. The number of hydrogen-bond acceptors (Lipinski definition) is 4. The molecule has 0 aliphatic rings. The monoisotopic (exact) mass is 301 g/mol. The van der Waals surface area contributed by atoms with Crippen molar-refractivity contribution in [2.24, 2.45) is 0 Å². The molecule has 1 N–H and O–H groups in total. The molecule has 1 aromatic heterocycles. The zero-order chi connectivity index (χ0) is 13.9. The lowest BCUT2D eigenvalue weighted by molar-refractivity contribution is 1.22. The number of anilines is 2. The first-order valence-electron chi connectivity index (χ1n) is 6.09. The number of hydrogen-bond donors (Lipinski definition) is 1. The summed E-state index contributed by atoms with van der Waals surface area (Å²) in [6, 6.07) is 16.0. The van der Waals surface area contributed by atoms with Gasteiger partial charge in [0.2, 0.25) is 5.28 Å². The maximum atomic E-state index is 5.97. The molecule has 3 rings (SSSR count). The molecule has 0 saturated carbocycles. The van der Waals surface area contributed by atoms with Crippen molar-refractivity contribution in [2.45, 2.75) is 4.90 Å². The third kappa shape index (κ3) is 2.71. The van der Waals surface area contributed by atoms with Gasteiger partial charge >= 0.3 is 0 Å². The molecule has 5 heteroatoms. The van der Waals surface area contributed by atoms with E-state index in [0.29, 0.717) is 0 Å². The third-order valence-corrected chi connectivity index (χ3v) is 3.84. The summed E-state index contributed by atoms with van der Waals surface area (Å²) in [5.41, 5.74) is 1.80. The molecule has 1 heterocycles. The first kappa shape index (κ1) is 13.2. The Kier molecular flexibility index (Phi) is 3.76. The lowest BCUT2D eigenvalue weighted by Crippen LogP contribution is -1.97. The van der Waals surface area contributed by atoms with Gasteiger partial charge in [-0.2, -0.15) is 4.98 Å². The van der Waals surface area contributed by atoms with Crippen LogP contribution >= 0.6 is 23.4 Å². The van der Waals surface area contributed by atoms with Crippen molar-refractivity contribution in [2.75, 3.05) is 11.6 Å². The highest BCUT2D eigenvalue weighted by Gasteiger charge is 2.06. The largest absolute Gasteiger partial charge is 0.340 e. The molecule has 0 unspecified atom stereocenters. The molecule has 0 spiro atoms. The van der Waals surface area contributed by atoms with Crippen LogP contribution in [0.3, 0.4) is 0 Å². The summed E-state index contributed by atoms with van der Waals surface area (Å²) in [5, 5.41) is 4.49. The van der Waals surface area contributed by atoms with Crippen LogP contribution in [-0.4, -0.2) is 16.2 Å². The van der Waals surface area contributed by atoms with E-state index in [2.05, 4.69) is 33.7 Å². The van der Waals surface area contributed by atoms with Gasteiger partial charge in [-0.05, 0) is 54.3 Å². The maximum absolute atomic E-state index is 5.97. The van der Waals surface area contributed by atoms with Crippen molar-refractivity contribution in [1.29, 1.82) is 0 Å². The number of fused-ring (bicyclic) bond motifs is 1. The van der Waals surface area contributed by atoms with Crippen molar-refractivity contribution < 1.29 is 0 Å². The first-order chi connectivity index (χ1) is 9.76. The molecule has 20 heavy (non-hydrogen) atoms. The van der Waals surface area contributed by atoms with Gasteiger partial charge in [-0.25, -0.2) is 4.98 Å². The van der Waals surface area contributed by atoms with E-state index in [0.717, 1.165) is 22.4 Å². The molecule has 3 aromatic rings. The van der Waals surface area contributed by atoms with Crippen LogP contribution in [0.2, 0.25) is 5.28 Å². The molecule has 0 radical (unpaired) electrons. The van der Waals surface area contributed by atoms with Crippen LogP contribution < -0.4 is 5.32 Å². The molecular formula is C15H12ClN3S. The molecule has 0 fully saturated rings.